The van der Waals surface area contributed by atoms with E-state index in [1.54, 1.807) is 0 Å². The van der Waals surface area contributed by atoms with Crippen LogP contribution in [0.5, 0.6) is 0 Å². The summed E-state index contributed by atoms with van der Waals surface area (Å²) in [7, 11) is -5.66. The van der Waals surface area contributed by atoms with Gasteiger partial charge in [-0.2, -0.15) is 23.7 Å². The van der Waals surface area contributed by atoms with Crippen molar-refractivity contribution in [2.45, 2.75) is 10.8 Å². The maximum atomic E-state index is 11.6. The molecule has 12 heavy (non-hydrogen) atoms. The van der Waals surface area contributed by atoms with Gasteiger partial charge in [-0.15, -0.1) is 0 Å². The number of sulfone groups is 1. The molecular weight excluding hydrogens is 197 g/mol. The van der Waals surface area contributed by atoms with Crippen LogP contribution < -0.4 is 0 Å². The lowest BCUT2D eigenvalue weighted by Gasteiger charge is -2.06. The zero-order chi connectivity index (χ0) is 9.99. The zero-order valence-electron chi connectivity index (χ0n) is 5.33. The molecule has 0 atom stereocenters. The average molecular weight is 198 g/mol. The Bertz CT molecular complexity index is 330. The third-order valence-corrected chi connectivity index (χ3v) is 2.34. The maximum Gasteiger partial charge on any atom is 0.499 e. The molecule has 8 heteroatoms. The van der Waals surface area contributed by atoms with E-state index in [0.29, 0.717) is 0 Å². The van der Waals surface area contributed by atoms with Crippen LogP contribution in [0.1, 0.15) is 0 Å². The van der Waals surface area contributed by atoms with Gasteiger partial charge < -0.3 is 0 Å². The van der Waals surface area contributed by atoms with E-state index in [-0.39, 0.29) is 0 Å². The summed E-state index contributed by atoms with van der Waals surface area (Å²) in [6.07, 6.45) is 0. The first-order chi connectivity index (χ1) is 5.27. The van der Waals surface area contributed by atoms with Gasteiger partial charge in [0.2, 0.25) is 5.25 Å². The Morgan fingerprint density at radius 2 is 1.50 bits per heavy atom. The highest BCUT2D eigenvalue weighted by atomic mass is 32.2. The molecule has 0 radical (unpaired) electrons. The van der Waals surface area contributed by atoms with E-state index in [4.69, 9.17) is 10.5 Å². The van der Waals surface area contributed by atoms with Gasteiger partial charge in [0.05, 0.1) is 12.1 Å². The molecule has 0 saturated carbocycles. The molecule has 0 saturated heterocycles. The molecule has 0 aromatic heterocycles. The second-order valence-electron chi connectivity index (χ2n) is 1.63. The number of nitrogens with zero attached hydrogens (tertiary/aromatic N) is 2. The van der Waals surface area contributed by atoms with Crippen molar-refractivity contribution in [1.29, 1.82) is 10.5 Å². The number of hydrogen-bond acceptors (Lipinski definition) is 4. The van der Waals surface area contributed by atoms with E-state index in [1.165, 1.54) is 0 Å². The summed E-state index contributed by atoms with van der Waals surface area (Å²) in [5.74, 6) is 0. The maximum absolute atomic E-state index is 11.6. The number of nitriles is 2. The van der Waals surface area contributed by atoms with Crippen LogP contribution in [-0.4, -0.2) is 19.2 Å². The zero-order valence-corrected chi connectivity index (χ0v) is 6.15. The molecule has 66 valence electrons. The molecule has 0 amide bonds. The fraction of sp³-hybridized carbons (Fsp3) is 0.500. The van der Waals surface area contributed by atoms with Gasteiger partial charge in [0.1, 0.15) is 0 Å². The summed E-state index contributed by atoms with van der Waals surface area (Å²) in [6.45, 7) is 0. The lowest BCUT2D eigenvalue weighted by atomic mass is 10.5. The number of rotatable bonds is 1. The van der Waals surface area contributed by atoms with Crippen molar-refractivity contribution < 1.29 is 21.6 Å². The fourth-order valence-electron chi connectivity index (χ4n) is 0.301. The van der Waals surface area contributed by atoms with Crippen LogP contribution in [0.2, 0.25) is 0 Å². The number of halogens is 3. The van der Waals surface area contributed by atoms with Gasteiger partial charge >= 0.3 is 5.51 Å². The SMILES string of the molecule is N#CC(C#N)S(=O)(=O)C(F)(F)F. The van der Waals surface area contributed by atoms with Gasteiger partial charge in [0, 0.05) is 0 Å². The van der Waals surface area contributed by atoms with E-state index in [1.807, 2.05) is 0 Å². The summed E-state index contributed by atoms with van der Waals surface area (Å²) in [6, 6.07) is 1.46. The Hall–Kier alpha value is -1.28. The third kappa shape index (κ3) is 1.66. The summed E-state index contributed by atoms with van der Waals surface area (Å²) in [5, 5.41) is 13.1. The summed E-state index contributed by atoms with van der Waals surface area (Å²) < 4.78 is 55.2. The standard InChI is InChI=1S/C4HF3N2O2S/c5-4(6,7)12(10,11)3(1-8)2-9/h3H. The molecule has 0 unspecified atom stereocenters. The molecule has 0 fully saturated rings. The van der Waals surface area contributed by atoms with Crippen LogP contribution in [0.15, 0.2) is 0 Å². The van der Waals surface area contributed by atoms with Gasteiger partial charge in [-0.3, -0.25) is 0 Å². The Balaban J connectivity index is 5.21. The Morgan fingerprint density at radius 1 is 1.17 bits per heavy atom. The first kappa shape index (κ1) is 10.7. The predicted octanol–water partition coefficient (Wildman–Crippen LogP) is 0.337. The Morgan fingerprint density at radius 3 is 1.58 bits per heavy atom. The van der Waals surface area contributed by atoms with E-state index < -0.39 is 20.6 Å². The Kier molecular flexibility index (Phi) is 2.67. The van der Waals surface area contributed by atoms with Crippen LogP contribution >= 0.6 is 0 Å². The molecule has 0 aliphatic rings. The smallest absolute Gasteiger partial charge is 0.217 e. The molecular formula is C4HF3N2O2S. The molecule has 0 aromatic rings. The summed E-state index contributed by atoms with van der Waals surface area (Å²) >= 11 is 0. The average Bonchev–Trinajstić information content (AvgIpc) is 1.87. The minimum absolute atomic E-state index is 0.729. The molecule has 0 rings (SSSR count). The molecule has 0 N–H and O–H groups in total. The highest BCUT2D eigenvalue weighted by molar-refractivity contribution is 7.93. The van der Waals surface area contributed by atoms with Gasteiger partial charge in [0.15, 0.2) is 0 Å². The van der Waals surface area contributed by atoms with Crippen LogP contribution in [-0.2, 0) is 9.84 Å². The normalized spacial score (nSPS) is 12.2. The number of hydrogen-bond donors (Lipinski definition) is 0. The molecule has 0 aliphatic heterocycles. The largest absolute Gasteiger partial charge is 0.499 e. The highest BCUT2D eigenvalue weighted by Gasteiger charge is 2.51. The van der Waals surface area contributed by atoms with Crippen molar-refractivity contribution >= 4 is 9.84 Å². The molecule has 0 heterocycles. The fourth-order valence-corrected chi connectivity index (χ4v) is 0.846. The van der Waals surface area contributed by atoms with E-state index in [9.17, 15) is 21.6 Å². The first-order valence-corrected chi connectivity index (χ1v) is 3.91. The van der Waals surface area contributed by atoms with Crippen LogP contribution in [0.4, 0.5) is 13.2 Å². The minimum Gasteiger partial charge on any atom is -0.217 e. The second kappa shape index (κ2) is 2.99. The van der Waals surface area contributed by atoms with Crippen LogP contribution in [0.3, 0.4) is 0 Å². The highest BCUT2D eigenvalue weighted by Crippen LogP contribution is 2.26. The van der Waals surface area contributed by atoms with Crippen molar-refractivity contribution in [2.75, 3.05) is 0 Å². The van der Waals surface area contributed by atoms with Crippen LogP contribution in [0, 0.1) is 22.7 Å². The lowest BCUT2D eigenvalue weighted by molar-refractivity contribution is -0.0437. The molecule has 4 nitrogen and oxygen atoms in total. The monoisotopic (exact) mass is 198 g/mol. The summed E-state index contributed by atoms with van der Waals surface area (Å²) in [5.41, 5.74) is -5.55. The van der Waals surface area contributed by atoms with Crippen LogP contribution in [0.25, 0.3) is 0 Å². The molecule has 0 spiro atoms. The van der Waals surface area contributed by atoms with Gasteiger partial charge in [-0.25, -0.2) is 8.42 Å². The summed E-state index contributed by atoms with van der Waals surface area (Å²) in [4.78, 5) is 0. The second-order valence-corrected chi connectivity index (χ2v) is 3.65. The van der Waals surface area contributed by atoms with Crippen molar-refractivity contribution in [1.82, 2.24) is 0 Å². The first-order valence-electron chi connectivity index (χ1n) is 2.36. The third-order valence-electron chi connectivity index (χ3n) is 0.867. The van der Waals surface area contributed by atoms with Crippen molar-refractivity contribution in [3.8, 4) is 12.1 Å². The van der Waals surface area contributed by atoms with E-state index >= 15 is 0 Å². The quantitative estimate of drug-likeness (QED) is 0.608. The topological polar surface area (TPSA) is 81.7 Å². The lowest BCUT2D eigenvalue weighted by Crippen LogP contribution is -2.32. The van der Waals surface area contributed by atoms with Gasteiger partial charge in [-0.05, 0) is 0 Å². The molecule has 0 bridgehead atoms. The van der Waals surface area contributed by atoms with Gasteiger partial charge in [0.25, 0.3) is 9.84 Å². The minimum atomic E-state index is -5.66. The van der Waals surface area contributed by atoms with Crippen molar-refractivity contribution in [2.24, 2.45) is 0 Å². The number of alkyl halides is 3. The van der Waals surface area contributed by atoms with Crippen molar-refractivity contribution in [3.05, 3.63) is 0 Å². The Labute approximate surface area is 65.7 Å². The molecule has 0 aliphatic carbocycles. The van der Waals surface area contributed by atoms with Crippen molar-refractivity contribution in [3.63, 3.8) is 0 Å². The van der Waals surface area contributed by atoms with Gasteiger partial charge in [-0.1, -0.05) is 0 Å². The van der Waals surface area contributed by atoms with E-state index in [0.717, 1.165) is 12.1 Å². The van der Waals surface area contributed by atoms with E-state index in [2.05, 4.69) is 0 Å². The molecule has 0 aromatic carbocycles. The predicted molar refractivity (Wildman–Crippen MR) is 30.0 cm³/mol.